The molecule has 0 aromatic heterocycles. The Morgan fingerprint density at radius 3 is 2.81 bits per heavy atom. The van der Waals surface area contributed by atoms with Crippen LogP contribution in [-0.2, 0) is 0 Å². The van der Waals surface area contributed by atoms with Gasteiger partial charge in [-0.3, -0.25) is 4.90 Å². The van der Waals surface area contributed by atoms with E-state index in [1.54, 1.807) is 6.07 Å². The van der Waals surface area contributed by atoms with E-state index < -0.39 is 11.6 Å². The average molecular weight is 297 g/mol. The molecule has 1 aromatic rings. The number of likely N-dealkylation sites (N-methyl/N-ethyl adjacent to an activating group) is 2. The second kappa shape index (κ2) is 7.29. The molecule has 2 rings (SSSR count). The number of nitrogens with zero attached hydrogens (tertiary/aromatic N) is 2. The molecular formula is C16H25F2N3. The number of likely N-dealkylation sites (tertiary alicyclic amines) is 1. The second-order valence-electron chi connectivity index (χ2n) is 5.93. The molecule has 1 heterocycles. The lowest BCUT2D eigenvalue weighted by Gasteiger charge is -2.29. The van der Waals surface area contributed by atoms with Crippen LogP contribution in [0.5, 0.6) is 0 Å². The van der Waals surface area contributed by atoms with Crippen molar-refractivity contribution < 1.29 is 8.78 Å². The van der Waals surface area contributed by atoms with Gasteiger partial charge in [0.2, 0.25) is 0 Å². The molecule has 1 saturated heterocycles. The fraction of sp³-hybridized carbons (Fsp3) is 0.625. The van der Waals surface area contributed by atoms with E-state index in [0.29, 0.717) is 18.2 Å². The third-order valence-corrected chi connectivity index (χ3v) is 4.31. The zero-order valence-corrected chi connectivity index (χ0v) is 12.9. The maximum Gasteiger partial charge on any atom is 0.159 e. The summed E-state index contributed by atoms with van der Waals surface area (Å²) in [6, 6.07) is 4.17. The molecule has 0 spiro atoms. The van der Waals surface area contributed by atoms with Crippen molar-refractivity contribution in [2.45, 2.75) is 31.8 Å². The molecule has 0 amide bonds. The molecule has 1 aromatic carbocycles. The third-order valence-electron chi connectivity index (χ3n) is 4.31. The van der Waals surface area contributed by atoms with E-state index in [1.165, 1.54) is 25.5 Å². The van der Waals surface area contributed by atoms with E-state index in [2.05, 4.69) is 16.7 Å². The Morgan fingerprint density at radius 2 is 2.14 bits per heavy atom. The van der Waals surface area contributed by atoms with Crippen LogP contribution >= 0.6 is 0 Å². The van der Waals surface area contributed by atoms with Crippen molar-refractivity contribution in [3.63, 3.8) is 0 Å². The van der Waals surface area contributed by atoms with Gasteiger partial charge in [-0.2, -0.15) is 0 Å². The SMILES string of the molecule is CCN1CCCC1CN(C)CC(N)c1ccc(F)c(F)c1. The lowest BCUT2D eigenvalue weighted by molar-refractivity contribution is 0.193. The average Bonchev–Trinajstić information content (AvgIpc) is 2.88. The monoisotopic (exact) mass is 297 g/mol. The molecule has 5 heteroatoms. The maximum absolute atomic E-state index is 13.3. The highest BCUT2D eigenvalue weighted by Crippen LogP contribution is 2.19. The van der Waals surface area contributed by atoms with Crippen LogP contribution in [0.4, 0.5) is 8.78 Å². The number of hydrogen-bond donors (Lipinski definition) is 1. The predicted molar refractivity (Wildman–Crippen MR) is 81.1 cm³/mol. The number of nitrogens with two attached hydrogens (primary N) is 1. The fourth-order valence-corrected chi connectivity index (χ4v) is 3.14. The van der Waals surface area contributed by atoms with E-state index in [-0.39, 0.29) is 6.04 Å². The molecule has 1 aliphatic rings. The number of hydrogen-bond acceptors (Lipinski definition) is 3. The van der Waals surface area contributed by atoms with Gasteiger partial charge in [0, 0.05) is 25.2 Å². The molecule has 21 heavy (non-hydrogen) atoms. The van der Waals surface area contributed by atoms with Gasteiger partial charge in [-0.05, 0) is 50.7 Å². The zero-order chi connectivity index (χ0) is 15.4. The van der Waals surface area contributed by atoms with Crippen LogP contribution in [0, 0.1) is 11.6 Å². The lowest BCUT2D eigenvalue weighted by atomic mass is 10.1. The van der Waals surface area contributed by atoms with Crippen molar-refractivity contribution in [3.8, 4) is 0 Å². The van der Waals surface area contributed by atoms with Crippen molar-refractivity contribution in [2.75, 3.05) is 33.2 Å². The number of halogens is 2. The first-order valence-corrected chi connectivity index (χ1v) is 7.64. The smallest absolute Gasteiger partial charge is 0.159 e. The van der Waals surface area contributed by atoms with Gasteiger partial charge in [-0.15, -0.1) is 0 Å². The summed E-state index contributed by atoms with van der Waals surface area (Å²) in [6.45, 7) is 6.04. The Bertz CT molecular complexity index is 467. The topological polar surface area (TPSA) is 32.5 Å². The van der Waals surface area contributed by atoms with Gasteiger partial charge in [-0.1, -0.05) is 13.0 Å². The van der Waals surface area contributed by atoms with Crippen LogP contribution in [0.2, 0.25) is 0 Å². The van der Waals surface area contributed by atoms with Gasteiger partial charge in [-0.25, -0.2) is 8.78 Å². The minimum atomic E-state index is -0.835. The summed E-state index contributed by atoms with van der Waals surface area (Å²) in [5.74, 6) is -1.66. The summed E-state index contributed by atoms with van der Waals surface area (Å²) in [6.07, 6.45) is 2.47. The number of rotatable bonds is 6. The molecule has 0 saturated carbocycles. The molecule has 0 radical (unpaired) electrons. The highest BCUT2D eigenvalue weighted by Gasteiger charge is 2.24. The van der Waals surface area contributed by atoms with E-state index in [1.807, 2.05) is 7.05 Å². The van der Waals surface area contributed by atoms with Crippen molar-refractivity contribution in [3.05, 3.63) is 35.4 Å². The fourth-order valence-electron chi connectivity index (χ4n) is 3.14. The van der Waals surface area contributed by atoms with Crippen molar-refractivity contribution in [1.29, 1.82) is 0 Å². The Kier molecular flexibility index (Phi) is 5.67. The molecule has 2 atom stereocenters. The molecule has 118 valence electrons. The second-order valence-corrected chi connectivity index (χ2v) is 5.93. The van der Waals surface area contributed by atoms with Crippen LogP contribution in [0.25, 0.3) is 0 Å². The van der Waals surface area contributed by atoms with Crippen LogP contribution in [0.15, 0.2) is 18.2 Å². The summed E-state index contributed by atoms with van der Waals surface area (Å²) in [4.78, 5) is 4.67. The summed E-state index contributed by atoms with van der Waals surface area (Å²) in [5.41, 5.74) is 6.75. The minimum Gasteiger partial charge on any atom is -0.323 e. The van der Waals surface area contributed by atoms with Gasteiger partial charge >= 0.3 is 0 Å². The van der Waals surface area contributed by atoms with Gasteiger partial charge in [0.1, 0.15) is 0 Å². The Labute approximate surface area is 125 Å². The summed E-state index contributed by atoms with van der Waals surface area (Å²) in [7, 11) is 2.03. The molecule has 0 aliphatic carbocycles. The van der Waals surface area contributed by atoms with Gasteiger partial charge in [0.15, 0.2) is 11.6 Å². The van der Waals surface area contributed by atoms with E-state index in [9.17, 15) is 8.78 Å². The van der Waals surface area contributed by atoms with Crippen LogP contribution in [0.1, 0.15) is 31.4 Å². The number of benzene rings is 1. The lowest BCUT2D eigenvalue weighted by Crippen LogP contribution is -2.41. The normalized spacial score (nSPS) is 21.1. The van der Waals surface area contributed by atoms with Crippen LogP contribution in [-0.4, -0.2) is 49.1 Å². The molecular weight excluding hydrogens is 272 g/mol. The maximum atomic E-state index is 13.3. The van der Waals surface area contributed by atoms with Crippen molar-refractivity contribution in [2.24, 2.45) is 5.73 Å². The molecule has 1 aliphatic heterocycles. The van der Waals surface area contributed by atoms with Crippen LogP contribution in [0.3, 0.4) is 0 Å². The molecule has 1 fully saturated rings. The zero-order valence-electron chi connectivity index (χ0n) is 12.9. The van der Waals surface area contributed by atoms with Gasteiger partial charge < -0.3 is 10.6 Å². The summed E-state index contributed by atoms with van der Waals surface area (Å²) in [5, 5.41) is 0. The van der Waals surface area contributed by atoms with Crippen LogP contribution < -0.4 is 5.73 Å². The minimum absolute atomic E-state index is 0.304. The first-order chi connectivity index (χ1) is 10.0. The molecule has 0 bridgehead atoms. The van der Waals surface area contributed by atoms with E-state index >= 15 is 0 Å². The quantitative estimate of drug-likeness (QED) is 0.875. The van der Waals surface area contributed by atoms with E-state index in [4.69, 9.17) is 5.73 Å². The first kappa shape index (κ1) is 16.3. The van der Waals surface area contributed by atoms with Gasteiger partial charge in [0.25, 0.3) is 0 Å². The largest absolute Gasteiger partial charge is 0.323 e. The third kappa shape index (κ3) is 4.22. The summed E-state index contributed by atoms with van der Waals surface area (Å²) >= 11 is 0. The Hall–Kier alpha value is -1.04. The van der Waals surface area contributed by atoms with Crippen molar-refractivity contribution in [1.82, 2.24) is 9.80 Å². The van der Waals surface area contributed by atoms with Crippen molar-refractivity contribution >= 4 is 0 Å². The highest BCUT2D eigenvalue weighted by atomic mass is 19.2. The first-order valence-electron chi connectivity index (χ1n) is 7.64. The molecule has 2 N–H and O–H groups in total. The van der Waals surface area contributed by atoms with Gasteiger partial charge in [0.05, 0.1) is 0 Å². The summed E-state index contributed by atoms with van der Waals surface area (Å²) < 4.78 is 26.2. The predicted octanol–water partition coefficient (Wildman–Crippen LogP) is 2.38. The standard InChI is InChI=1S/C16H25F2N3/c1-3-21-8-4-5-13(21)10-20(2)11-16(19)12-6-7-14(17)15(18)9-12/h6-7,9,13,16H,3-5,8,10-11,19H2,1-2H3. The Balaban J connectivity index is 1.89. The van der Waals surface area contributed by atoms with E-state index in [0.717, 1.165) is 19.2 Å². The molecule has 2 unspecified atom stereocenters. The Morgan fingerprint density at radius 1 is 1.38 bits per heavy atom. The molecule has 3 nitrogen and oxygen atoms in total. The highest BCUT2D eigenvalue weighted by molar-refractivity contribution is 5.21.